The van der Waals surface area contributed by atoms with Gasteiger partial charge in [0.1, 0.15) is 16.2 Å². The van der Waals surface area contributed by atoms with Gasteiger partial charge in [0.2, 0.25) is 5.95 Å². The van der Waals surface area contributed by atoms with E-state index in [2.05, 4.69) is 37.4 Å². The average Bonchev–Trinajstić information content (AvgIpc) is 3.06. The second-order valence-corrected chi connectivity index (χ2v) is 5.68. The van der Waals surface area contributed by atoms with E-state index in [1.54, 1.807) is 11.3 Å². The molecule has 98 valence electrons. The molecule has 0 atom stereocenters. The molecule has 0 bridgehead atoms. The van der Waals surface area contributed by atoms with E-state index >= 15 is 0 Å². The van der Waals surface area contributed by atoms with Crippen LogP contribution >= 0.6 is 23.1 Å². The third kappa shape index (κ3) is 2.69. The Labute approximate surface area is 118 Å². The fourth-order valence-electron chi connectivity index (χ4n) is 1.56. The van der Waals surface area contributed by atoms with Crippen molar-refractivity contribution >= 4 is 39.3 Å². The average molecular weight is 292 g/mol. The van der Waals surface area contributed by atoms with Gasteiger partial charge in [-0.15, -0.1) is 11.3 Å². The summed E-state index contributed by atoms with van der Waals surface area (Å²) < 4.78 is 0. The van der Waals surface area contributed by atoms with Gasteiger partial charge in [-0.1, -0.05) is 6.92 Å². The van der Waals surface area contributed by atoms with Gasteiger partial charge in [-0.3, -0.25) is 5.10 Å². The molecule has 0 fully saturated rings. The Morgan fingerprint density at radius 2 is 2.37 bits per heavy atom. The molecule has 3 aromatic rings. The van der Waals surface area contributed by atoms with Crippen LogP contribution in [-0.2, 0) is 0 Å². The highest BCUT2D eigenvalue weighted by Crippen LogP contribution is 2.32. The Morgan fingerprint density at radius 3 is 3.16 bits per heavy atom. The van der Waals surface area contributed by atoms with Crippen molar-refractivity contribution in [1.82, 2.24) is 25.1 Å². The van der Waals surface area contributed by atoms with Crippen LogP contribution in [-0.4, -0.2) is 31.7 Å². The minimum absolute atomic E-state index is 0.666. The minimum Gasteiger partial charge on any atom is -0.354 e. The van der Waals surface area contributed by atoms with E-state index < -0.39 is 0 Å². The zero-order chi connectivity index (χ0) is 13.1. The summed E-state index contributed by atoms with van der Waals surface area (Å²) in [6, 6.07) is 2.03. The Balaban J connectivity index is 1.97. The monoisotopic (exact) mass is 292 g/mol. The van der Waals surface area contributed by atoms with Gasteiger partial charge < -0.3 is 5.32 Å². The molecule has 0 aliphatic rings. The second-order valence-electron chi connectivity index (χ2n) is 3.81. The van der Waals surface area contributed by atoms with Gasteiger partial charge >= 0.3 is 0 Å². The first-order valence-corrected chi connectivity index (χ1v) is 7.58. The lowest BCUT2D eigenvalue weighted by molar-refractivity contribution is 0.942. The fraction of sp³-hybridized carbons (Fsp3) is 0.273. The molecular formula is C11H12N6S2. The number of aromatic amines is 1. The molecule has 3 rings (SSSR count). The first-order chi connectivity index (χ1) is 9.36. The van der Waals surface area contributed by atoms with Crippen LogP contribution in [0, 0.1) is 0 Å². The molecule has 8 heteroatoms. The minimum atomic E-state index is 0.666. The van der Waals surface area contributed by atoms with Crippen LogP contribution in [0.15, 0.2) is 28.0 Å². The summed E-state index contributed by atoms with van der Waals surface area (Å²) in [4.78, 5) is 14.1. The summed E-state index contributed by atoms with van der Waals surface area (Å²) in [7, 11) is 0. The van der Waals surface area contributed by atoms with Gasteiger partial charge in [-0.25, -0.2) is 15.0 Å². The number of nitrogens with zero attached hydrogens (tertiary/aromatic N) is 4. The number of fused-ring (bicyclic) bond motifs is 1. The maximum absolute atomic E-state index is 4.55. The van der Waals surface area contributed by atoms with Crippen molar-refractivity contribution in [3.05, 3.63) is 17.8 Å². The molecule has 0 saturated carbocycles. The van der Waals surface area contributed by atoms with Gasteiger partial charge in [-0.05, 0) is 29.6 Å². The van der Waals surface area contributed by atoms with Gasteiger partial charge in [0.15, 0.2) is 5.16 Å². The van der Waals surface area contributed by atoms with E-state index in [0.717, 1.165) is 33.4 Å². The quantitative estimate of drug-likeness (QED) is 0.704. The molecule has 0 aliphatic heterocycles. The molecule has 6 nitrogen and oxygen atoms in total. The molecule has 3 aromatic heterocycles. The van der Waals surface area contributed by atoms with Gasteiger partial charge in [-0.2, -0.15) is 5.10 Å². The number of hydrogen-bond acceptors (Lipinski definition) is 7. The summed E-state index contributed by atoms with van der Waals surface area (Å²) in [6.45, 7) is 2.98. The summed E-state index contributed by atoms with van der Waals surface area (Å²) >= 11 is 3.07. The molecule has 0 aliphatic carbocycles. The van der Waals surface area contributed by atoms with E-state index in [0.29, 0.717) is 5.95 Å². The molecule has 19 heavy (non-hydrogen) atoms. The Kier molecular flexibility index (Phi) is 3.60. The standard InChI is InChI=1S/C11H12N6S2/c1-2-4-12-10-15-8-7(3-5-18-8)9(16-10)19-11-13-6-14-17-11/h3,5-6H,2,4H2,1H3,(H,12,15,16)(H,13,14,17). The maximum atomic E-state index is 4.55. The lowest BCUT2D eigenvalue weighted by atomic mass is 10.4. The van der Waals surface area contributed by atoms with E-state index in [1.165, 1.54) is 18.1 Å². The summed E-state index contributed by atoms with van der Waals surface area (Å²) in [5, 5.41) is 14.6. The summed E-state index contributed by atoms with van der Waals surface area (Å²) in [6.07, 6.45) is 2.53. The second kappa shape index (κ2) is 5.54. The number of aromatic nitrogens is 5. The summed E-state index contributed by atoms with van der Waals surface area (Å²) in [5.74, 6) is 0.666. The lowest BCUT2D eigenvalue weighted by Gasteiger charge is -2.05. The predicted molar refractivity (Wildman–Crippen MR) is 76.7 cm³/mol. The first-order valence-electron chi connectivity index (χ1n) is 5.89. The lowest BCUT2D eigenvalue weighted by Crippen LogP contribution is -2.04. The van der Waals surface area contributed by atoms with E-state index in [4.69, 9.17) is 0 Å². The zero-order valence-electron chi connectivity index (χ0n) is 10.3. The molecule has 2 N–H and O–H groups in total. The number of H-pyrrole nitrogens is 1. The number of rotatable bonds is 5. The first kappa shape index (κ1) is 12.4. The molecule has 0 amide bonds. The number of thiophene rings is 1. The Morgan fingerprint density at radius 1 is 1.42 bits per heavy atom. The highest BCUT2D eigenvalue weighted by Gasteiger charge is 2.11. The van der Waals surface area contributed by atoms with Crippen LogP contribution < -0.4 is 5.32 Å². The number of anilines is 1. The van der Waals surface area contributed by atoms with Crippen LogP contribution in [0.1, 0.15) is 13.3 Å². The van der Waals surface area contributed by atoms with Gasteiger partial charge in [0.25, 0.3) is 0 Å². The molecule has 3 heterocycles. The van der Waals surface area contributed by atoms with Gasteiger partial charge in [0, 0.05) is 11.9 Å². The molecule has 0 radical (unpaired) electrons. The topological polar surface area (TPSA) is 79.4 Å². The third-order valence-corrected chi connectivity index (χ3v) is 4.11. The fourth-order valence-corrected chi connectivity index (χ4v) is 3.17. The van der Waals surface area contributed by atoms with Crippen molar-refractivity contribution in [1.29, 1.82) is 0 Å². The van der Waals surface area contributed by atoms with Crippen LogP contribution in [0.4, 0.5) is 5.95 Å². The Hall–Kier alpha value is -1.67. The van der Waals surface area contributed by atoms with Crippen LogP contribution in [0.5, 0.6) is 0 Å². The third-order valence-electron chi connectivity index (χ3n) is 2.41. The SMILES string of the molecule is CCCNc1nc(Sc2ncn[nH]2)c2ccsc2n1. The van der Waals surface area contributed by atoms with Crippen molar-refractivity contribution < 1.29 is 0 Å². The van der Waals surface area contributed by atoms with E-state index in [1.807, 2.05) is 11.4 Å². The van der Waals surface area contributed by atoms with Crippen molar-refractivity contribution in [3.63, 3.8) is 0 Å². The normalized spacial score (nSPS) is 11.0. The Bertz CT molecular complexity index is 663. The summed E-state index contributed by atoms with van der Waals surface area (Å²) in [5.41, 5.74) is 0. The number of nitrogens with one attached hydrogen (secondary N) is 2. The van der Waals surface area contributed by atoms with Crippen LogP contribution in [0.3, 0.4) is 0 Å². The van der Waals surface area contributed by atoms with Crippen molar-refractivity contribution in [2.24, 2.45) is 0 Å². The highest BCUT2D eigenvalue weighted by molar-refractivity contribution is 7.99. The van der Waals surface area contributed by atoms with Crippen LogP contribution in [0.2, 0.25) is 0 Å². The number of hydrogen-bond donors (Lipinski definition) is 2. The van der Waals surface area contributed by atoms with Crippen molar-refractivity contribution in [3.8, 4) is 0 Å². The molecule has 0 unspecified atom stereocenters. The van der Waals surface area contributed by atoms with E-state index in [-0.39, 0.29) is 0 Å². The molecular weight excluding hydrogens is 280 g/mol. The zero-order valence-corrected chi connectivity index (χ0v) is 11.9. The van der Waals surface area contributed by atoms with Crippen molar-refractivity contribution in [2.45, 2.75) is 23.5 Å². The largest absolute Gasteiger partial charge is 0.354 e. The predicted octanol–water partition coefficient (Wildman–Crippen LogP) is 2.78. The highest BCUT2D eigenvalue weighted by atomic mass is 32.2. The maximum Gasteiger partial charge on any atom is 0.225 e. The van der Waals surface area contributed by atoms with E-state index in [9.17, 15) is 0 Å². The molecule has 0 aromatic carbocycles. The van der Waals surface area contributed by atoms with Crippen molar-refractivity contribution in [2.75, 3.05) is 11.9 Å². The molecule has 0 saturated heterocycles. The van der Waals surface area contributed by atoms with Crippen LogP contribution in [0.25, 0.3) is 10.2 Å². The van der Waals surface area contributed by atoms with Gasteiger partial charge in [0.05, 0.1) is 0 Å². The molecule has 0 spiro atoms. The smallest absolute Gasteiger partial charge is 0.225 e.